The van der Waals surface area contributed by atoms with Gasteiger partial charge in [0, 0.05) is 22.7 Å². The summed E-state index contributed by atoms with van der Waals surface area (Å²) >= 11 is 0. The summed E-state index contributed by atoms with van der Waals surface area (Å²) < 4.78 is 11.3. The van der Waals surface area contributed by atoms with Gasteiger partial charge in [-0.3, -0.25) is 0 Å². The number of hydrogen-bond donors (Lipinski definition) is 1. The van der Waals surface area contributed by atoms with Crippen LogP contribution < -0.4 is 0 Å². The van der Waals surface area contributed by atoms with Crippen LogP contribution in [-0.4, -0.2) is 15.1 Å². The van der Waals surface area contributed by atoms with E-state index in [1.54, 1.807) is 12.1 Å². The molecule has 3 aromatic heterocycles. The Balaban J connectivity index is 1.39. The molecule has 0 aliphatic heterocycles. The van der Waals surface area contributed by atoms with Crippen molar-refractivity contribution in [2.24, 2.45) is 0 Å². The van der Waals surface area contributed by atoms with Gasteiger partial charge in [-0.15, -0.1) is 0 Å². The highest BCUT2D eigenvalue weighted by atomic mass is 16.5. The Morgan fingerprint density at radius 1 is 0.964 bits per heavy atom. The number of H-pyrrole nitrogens is 1. The average Bonchev–Trinajstić information content (AvgIpc) is 3.48. The molecule has 0 unspecified atom stereocenters. The highest BCUT2D eigenvalue weighted by Crippen LogP contribution is 2.28. The Morgan fingerprint density at radius 3 is 2.64 bits per heavy atom. The van der Waals surface area contributed by atoms with Crippen molar-refractivity contribution in [3.05, 3.63) is 83.9 Å². The molecular formula is C22H14N4O2. The largest absolute Gasteiger partial charge is 0.453 e. The Hall–Kier alpha value is -4.11. The fraction of sp³-hybridized carbons (Fsp3) is 0.0455. The molecule has 6 nitrogen and oxygen atoms in total. The summed E-state index contributed by atoms with van der Waals surface area (Å²) in [4.78, 5) is 7.72. The van der Waals surface area contributed by atoms with Gasteiger partial charge in [-0.2, -0.15) is 10.2 Å². The summed E-state index contributed by atoms with van der Waals surface area (Å²) in [6, 6.07) is 21.1. The first-order chi connectivity index (χ1) is 13.8. The molecule has 0 saturated carbocycles. The second-order valence-corrected chi connectivity index (χ2v) is 6.40. The zero-order valence-corrected chi connectivity index (χ0v) is 14.7. The number of nitrogens with one attached hydrogen (secondary N) is 1. The maximum absolute atomic E-state index is 8.90. The summed E-state index contributed by atoms with van der Waals surface area (Å²) in [6.07, 6.45) is 2.50. The van der Waals surface area contributed by atoms with Crippen LogP contribution in [0.4, 0.5) is 0 Å². The lowest BCUT2D eigenvalue weighted by molar-refractivity contribution is 0.384. The molecule has 6 heteroatoms. The van der Waals surface area contributed by atoms with Crippen LogP contribution in [0, 0.1) is 11.3 Å². The van der Waals surface area contributed by atoms with Gasteiger partial charge in [-0.05, 0) is 48.0 Å². The lowest BCUT2D eigenvalue weighted by Crippen LogP contribution is -1.87. The third-order valence-corrected chi connectivity index (χ3v) is 4.61. The number of nitriles is 1. The Bertz CT molecular complexity index is 1300. The molecule has 0 atom stereocenters. The van der Waals surface area contributed by atoms with E-state index in [4.69, 9.17) is 14.2 Å². The van der Waals surface area contributed by atoms with Crippen molar-refractivity contribution < 1.29 is 8.94 Å². The smallest absolute Gasteiger partial charge is 0.238 e. The number of hydrogen-bond acceptors (Lipinski definition) is 5. The van der Waals surface area contributed by atoms with Crippen LogP contribution in [0.2, 0.25) is 0 Å². The minimum atomic E-state index is 0.412. The van der Waals surface area contributed by atoms with E-state index < -0.39 is 0 Å². The normalized spacial score (nSPS) is 11.0. The van der Waals surface area contributed by atoms with Crippen LogP contribution in [0.5, 0.6) is 0 Å². The molecule has 0 spiro atoms. The minimum absolute atomic E-state index is 0.412. The van der Waals surface area contributed by atoms with E-state index in [2.05, 4.69) is 27.3 Å². The first kappa shape index (κ1) is 16.1. The third-order valence-electron chi connectivity index (χ3n) is 4.61. The lowest BCUT2D eigenvalue weighted by Gasteiger charge is -1.96. The zero-order valence-electron chi connectivity index (χ0n) is 14.7. The van der Waals surface area contributed by atoms with E-state index >= 15 is 0 Å². The van der Waals surface area contributed by atoms with Gasteiger partial charge in [0.05, 0.1) is 18.1 Å². The van der Waals surface area contributed by atoms with Gasteiger partial charge in [0.1, 0.15) is 5.76 Å². The quantitative estimate of drug-likeness (QED) is 0.486. The number of para-hydroxylation sites is 1. The van der Waals surface area contributed by atoms with Crippen molar-refractivity contribution in [3.8, 4) is 29.0 Å². The number of furan rings is 1. The maximum atomic E-state index is 8.90. The van der Waals surface area contributed by atoms with Crippen molar-refractivity contribution in [2.45, 2.75) is 6.42 Å². The molecule has 0 aliphatic rings. The zero-order chi connectivity index (χ0) is 18.9. The van der Waals surface area contributed by atoms with E-state index in [0.717, 1.165) is 22.0 Å². The fourth-order valence-corrected chi connectivity index (χ4v) is 3.19. The standard InChI is InChI=1S/C22H14N4O2/c23-12-14-5-7-15(8-6-14)19-9-10-20(27-19)22-25-21(28-26-22)11-16-13-24-18-4-2-1-3-17(16)18/h1-10,13,24H,11H2. The fourth-order valence-electron chi connectivity index (χ4n) is 3.19. The molecule has 5 aromatic rings. The Kier molecular flexibility index (Phi) is 3.77. The Morgan fingerprint density at radius 2 is 1.79 bits per heavy atom. The van der Waals surface area contributed by atoms with Crippen LogP contribution >= 0.6 is 0 Å². The summed E-state index contributed by atoms with van der Waals surface area (Å²) in [6.45, 7) is 0. The second kappa shape index (κ2) is 6.56. The van der Waals surface area contributed by atoms with Crippen LogP contribution in [0.3, 0.4) is 0 Å². The molecule has 0 fully saturated rings. The first-order valence-electron chi connectivity index (χ1n) is 8.78. The van der Waals surface area contributed by atoms with Crippen molar-refractivity contribution in [3.63, 3.8) is 0 Å². The molecule has 0 saturated heterocycles. The molecule has 0 radical (unpaired) electrons. The molecule has 0 amide bonds. The number of fused-ring (bicyclic) bond motifs is 1. The van der Waals surface area contributed by atoms with Gasteiger partial charge < -0.3 is 13.9 Å². The van der Waals surface area contributed by atoms with Crippen molar-refractivity contribution >= 4 is 10.9 Å². The number of nitrogens with zero attached hydrogens (tertiary/aromatic N) is 3. The highest BCUT2D eigenvalue weighted by Gasteiger charge is 2.15. The molecule has 1 N–H and O–H groups in total. The third kappa shape index (κ3) is 2.85. The van der Waals surface area contributed by atoms with Gasteiger partial charge in [0.2, 0.25) is 11.7 Å². The number of aromatic nitrogens is 3. The lowest BCUT2D eigenvalue weighted by atomic mass is 10.1. The average molecular weight is 366 g/mol. The number of aromatic amines is 1. The van der Waals surface area contributed by atoms with Crippen LogP contribution in [-0.2, 0) is 6.42 Å². The molecular weight excluding hydrogens is 352 g/mol. The van der Waals surface area contributed by atoms with E-state index in [9.17, 15) is 0 Å². The maximum Gasteiger partial charge on any atom is 0.238 e. The summed E-state index contributed by atoms with van der Waals surface area (Å²) in [7, 11) is 0. The van der Waals surface area contributed by atoms with Crippen LogP contribution in [0.15, 0.2) is 75.8 Å². The summed E-state index contributed by atoms with van der Waals surface area (Å²) in [5.74, 6) is 2.15. The molecule has 134 valence electrons. The van der Waals surface area contributed by atoms with E-state index in [-0.39, 0.29) is 0 Å². The van der Waals surface area contributed by atoms with Crippen LogP contribution in [0.1, 0.15) is 17.0 Å². The minimum Gasteiger partial charge on any atom is -0.453 e. The Labute approximate surface area is 160 Å². The summed E-state index contributed by atoms with van der Waals surface area (Å²) in [5, 5.41) is 14.1. The second-order valence-electron chi connectivity index (χ2n) is 6.40. The number of rotatable bonds is 4. The van der Waals surface area contributed by atoms with Gasteiger partial charge in [-0.25, -0.2) is 0 Å². The topological polar surface area (TPSA) is 91.6 Å². The highest BCUT2D eigenvalue weighted by molar-refractivity contribution is 5.83. The summed E-state index contributed by atoms with van der Waals surface area (Å²) in [5.41, 5.74) is 3.67. The van der Waals surface area contributed by atoms with Gasteiger partial charge in [0.15, 0.2) is 5.76 Å². The predicted molar refractivity (Wildman–Crippen MR) is 103 cm³/mol. The van der Waals surface area contributed by atoms with Gasteiger partial charge in [0.25, 0.3) is 0 Å². The molecule has 5 rings (SSSR count). The molecule has 3 heterocycles. The van der Waals surface area contributed by atoms with Crippen molar-refractivity contribution in [1.82, 2.24) is 15.1 Å². The molecule has 2 aromatic carbocycles. The molecule has 0 bridgehead atoms. The molecule has 0 aliphatic carbocycles. The van der Waals surface area contributed by atoms with E-state index in [1.807, 2.05) is 48.7 Å². The molecule has 28 heavy (non-hydrogen) atoms. The van der Waals surface area contributed by atoms with Gasteiger partial charge >= 0.3 is 0 Å². The van der Waals surface area contributed by atoms with Crippen molar-refractivity contribution in [1.29, 1.82) is 5.26 Å². The predicted octanol–water partition coefficient (Wildman–Crippen LogP) is 4.94. The van der Waals surface area contributed by atoms with Crippen LogP contribution in [0.25, 0.3) is 33.8 Å². The SMILES string of the molecule is N#Cc1ccc(-c2ccc(-c3noc(Cc4c[nH]c5ccccc45)n3)o2)cc1. The van der Waals surface area contributed by atoms with Crippen molar-refractivity contribution in [2.75, 3.05) is 0 Å². The van der Waals surface area contributed by atoms with E-state index in [1.165, 1.54) is 0 Å². The first-order valence-corrected chi connectivity index (χ1v) is 8.78. The van der Waals surface area contributed by atoms with E-state index in [0.29, 0.717) is 35.2 Å². The number of benzene rings is 2. The monoisotopic (exact) mass is 366 g/mol. The van der Waals surface area contributed by atoms with Gasteiger partial charge in [-0.1, -0.05) is 23.4 Å².